The molecule has 2 aromatic rings. The number of thiophene rings is 1. The molecule has 1 saturated carbocycles. The number of nitrogens with zero attached hydrogens (tertiary/aromatic N) is 3. The topological polar surface area (TPSA) is 71.4 Å². The van der Waals surface area contributed by atoms with Gasteiger partial charge in [-0.1, -0.05) is 18.9 Å². The number of hydrogen-bond donors (Lipinski definition) is 0. The Kier molecular flexibility index (Phi) is 6.79. The van der Waals surface area contributed by atoms with Crippen LogP contribution < -0.4 is 9.47 Å². The van der Waals surface area contributed by atoms with Crippen LogP contribution in [0.2, 0.25) is 0 Å². The van der Waals surface area contributed by atoms with Gasteiger partial charge in [-0.3, -0.25) is 9.59 Å². The molecular weight excluding hydrogens is 426 g/mol. The van der Waals surface area contributed by atoms with Crippen molar-refractivity contribution in [3.63, 3.8) is 0 Å². The number of benzene rings is 1. The fourth-order valence-corrected chi connectivity index (χ4v) is 5.23. The molecule has 32 heavy (non-hydrogen) atoms. The number of carbonyl (C=O) groups excluding carboxylic acids is 2. The van der Waals surface area contributed by atoms with Crippen LogP contribution in [-0.2, 0) is 9.59 Å². The maximum absolute atomic E-state index is 13.4. The van der Waals surface area contributed by atoms with Gasteiger partial charge < -0.3 is 14.4 Å². The molecule has 0 saturated heterocycles. The summed E-state index contributed by atoms with van der Waals surface area (Å²) in [7, 11) is 4.93. The lowest BCUT2D eigenvalue weighted by Crippen LogP contribution is -2.41. The smallest absolute Gasteiger partial charge is 0.262 e. The fraction of sp³-hybridized carbons (Fsp3) is 0.458. The molecular formula is C24H29N3O4S. The number of hydrogen-bond acceptors (Lipinski definition) is 6. The van der Waals surface area contributed by atoms with Crippen LogP contribution in [0.1, 0.15) is 48.6 Å². The molecule has 1 aromatic heterocycles. The van der Waals surface area contributed by atoms with E-state index in [2.05, 4.69) is 0 Å². The zero-order valence-corrected chi connectivity index (χ0v) is 19.6. The number of ether oxygens (including phenoxy) is 2. The Morgan fingerprint density at radius 3 is 2.62 bits per heavy atom. The highest BCUT2D eigenvalue weighted by atomic mass is 32.1. The highest BCUT2D eigenvalue weighted by molar-refractivity contribution is 7.12. The van der Waals surface area contributed by atoms with E-state index < -0.39 is 0 Å². The van der Waals surface area contributed by atoms with Gasteiger partial charge >= 0.3 is 0 Å². The van der Waals surface area contributed by atoms with Crippen LogP contribution in [0.25, 0.3) is 0 Å². The second-order valence-electron chi connectivity index (χ2n) is 8.27. The minimum Gasteiger partial charge on any atom is -0.497 e. The second-order valence-corrected chi connectivity index (χ2v) is 9.21. The van der Waals surface area contributed by atoms with Crippen molar-refractivity contribution in [3.05, 3.63) is 46.2 Å². The molecule has 1 atom stereocenters. The summed E-state index contributed by atoms with van der Waals surface area (Å²) < 4.78 is 11.0. The van der Waals surface area contributed by atoms with E-state index in [1.165, 1.54) is 5.01 Å². The summed E-state index contributed by atoms with van der Waals surface area (Å²) in [6.45, 7) is -0.000657. The lowest BCUT2D eigenvalue weighted by atomic mass is 9.99. The molecule has 4 rings (SSSR count). The molecule has 1 unspecified atom stereocenters. The van der Waals surface area contributed by atoms with Crippen molar-refractivity contribution in [2.45, 2.75) is 38.1 Å². The van der Waals surface area contributed by atoms with Crippen LogP contribution in [-0.4, -0.2) is 55.2 Å². The van der Waals surface area contributed by atoms with Crippen LogP contribution in [0.4, 0.5) is 0 Å². The predicted molar refractivity (Wildman–Crippen MR) is 124 cm³/mol. The number of amides is 2. The Labute approximate surface area is 192 Å². The third-order valence-corrected chi connectivity index (χ3v) is 7.14. The van der Waals surface area contributed by atoms with Gasteiger partial charge in [0.2, 0.25) is 5.91 Å². The Bertz CT molecular complexity index is 999. The van der Waals surface area contributed by atoms with E-state index in [4.69, 9.17) is 14.6 Å². The van der Waals surface area contributed by atoms with Crippen LogP contribution >= 0.6 is 11.3 Å². The summed E-state index contributed by atoms with van der Waals surface area (Å²) in [4.78, 5) is 28.7. The average Bonchev–Trinajstić information content (AvgIpc) is 3.58. The molecule has 0 bridgehead atoms. The van der Waals surface area contributed by atoms with Gasteiger partial charge in [-0.25, -0.2) is 5.01 Å². The monoisotopic (exact) mass is 455 g/mol. The largest absolute Gasteiger partial charge is 0.497 e. The van der Waals surface area contributed by atoms with Crippen molar-refractivity contribution in [2.75, 3.05) is 27.8 Å². The molecule has 0 spiro atoms. The minimum atomic E-state index is -0.334. The van der Waals surface area contributed by atoms with Gasteiger partial charge in [-0.2, -0.15) is 5.10 Å². The van der Waals surface area contributed by atoms with Crippen LogP contribution in [0, 0.1) is 5.92 Å². The Balaban J connectivity index is 1.61. The number of carbonyl (C=O) groups is 2. The summed E-state index contributed by atoms with van der Waals surface area (Å²) in [5.74, 6) is 1.23. The van der Waals surface area contributed by atoms with Crippen molar-refractivity contribution in [3.8, 4) is 11.5 Å². The van der Waals surface area contributed by atoms with Gasteiger partial charge in [0.1, 0.15) is 18.0 Å². The van der Waals surface area contributed by atoms with Crippen molar-refractivity contribution in [1.29, 1.82) is 0 Å². The minimum absolute atomic E-state index is 0.000657. The predicted octanol–water partition coefficient (Wildman–Crippen LogP) is 4.09. The van der Waals surface area contributed by atoms with Gasteiger partial charge in [-0.05, 0) is 42.5 Å². The zero-order chi connectivity index (χ0) is 22.7. The Hall–Kier alpha value is -2.87. The first-order valence-corrected chi connectivity index (χ1v) is 11.8. The maximum Gasteiger partial charge on any atom is 0.262 e. The highest BCUT2D eigenvalue weighted by Gasteiger charge is 2.36. The molecule has 1 aromatic carbocycles. The second kappa shape index (κ2) is 9.73. The van der Waals surface area contributed by atoms with Gasteiger partial charge in [0.15, 0.2) is 0 Å². The first-order chi connectivity index (χ1) is 15.5. The van der Waals surface area contributed by atoms with E-state index in [0.717, 1.165) is 41.8 Å². The van der Waals surface area contributed by atoms with E-state index in [9.17, 15) is 9.59 Å². The van der Waals surface area contributed by atoms with E-state index >= 15 is 0 Å². The molecule has 2 aliphatic rings. The van der Waals surface area contributed by atoms with Crippen molar-refractivity contribution < 1.29 is 19.1 Å². The van der Waals surface area contributed by atoms with Gasteiger partial charge in [0.25, 0.3) is 5.91 Å². The molecule has 170 valence electrons. The normalized spacial score (nSPS) is 18.5. The molecule has 0 N–H and O–H groups in total. The highest BCUT2D eigenvalue weighted by Crippen LogP contribution is 2.40. The summed E-state index contributed by atoms with van der Waals surface area (Å²) in [6.07, 6.45) is 4.54. The standard InChI is InChI=1S/C24H29N3O4S/c1-26(24(29)16-7-4-5-8-16)15-23(28)27-20(14-19(25-27)22-9-6-12-32-22)18-13-17(30-2)10-11-21(18)31-3/h6,9-13,16,20H,4-5,7-8,14-15H2,1-3H3. The van der Waals surface area contributed by atoms with E-state index in [1.54, 1.807) is 37.5 Å². The zero-order valence-electron chi connectivity index (χ0n) is 18.7. The van der Waals surface area contributed by atoms with Crippen LogP contribution in [0.15, 0.2) is 40.8 Å². The van der Waals surface area contributed by atoms with Crippen LogP contribution in [0.3, 0.4) is 0 Å². The number of rotatable bonds is 7. The molecule has 1 aliphatic carbocycles. The first-order valence-electron chi connectivity index (χ1n) is 10.9. The molecule has 1 fully saturated rings. The van der Waals surface area contributed by atoms with E-state index in [0.29, 0.717) is 17.9 Å². The lowest BCUT2D eigenvalue weighted by Gasteiger charge is -2.27. The third kappa shape index (κ3) is 4.50. The Morgan fingerprint density at radius 1 is 1.19 bits per heavy atom. The molecule has 2 heterocycles. The summed E-state index contributed by atoms with van der Waals surface area (Å²) in [6, 6.07) is 9.22. The Morgan fingerprint density at radius 2 is 1.97 bits per heavy atom. The molecule has 1 aliphatic heterocycles. The van der Waals surface area contributed by atoms with Gasteiger partial charge in [0, 0.05) is 24.9 Å². The van der Waals surface area contributed by atoms with E-state index in [-0.39, 0.29) is 30.3 Å². The SMILES string of the molecule is COc1ccc(OC)c(C2CC(c3cccs3)=NN2C(=O)CN(C)C(=O)C2CCCC2)c1. The summed E-state index contributed by atoms with van der Waals surface area (Å²) in [5, 5.41) is 8.22. The quantitative estimate of drug-likeness (QED) is 0.630. The first kappa shape index (κ1) is 22.3. The van der Waals surface area contributed by atoms with Crippen LogP contribution in [0.5, 0.6) is 11.5 Å². The van der Waals surface area contributed by atoms with Gasteiger partial charge in [-0.15, -0.1) is 11.3 Å². The molecule has 0 radical (unpaired) electrons. The maximum atomic E-state index is 13.4. The number of likely N-dealkylation sites (N-methyl/N-ethyl adjacent to an activating group) is 1. The summed E-state index contributed by atoms with van der Waals surface area (Å²) in [5.41, 5.74) is 1.69. The molecule has 2 amide bonds. The van der Waals surface area contributed by atoms with Crippen molar-refractivity contribution in [1.82, 2.24) is 9.91 Å². The average molecular weight is 456 g/mol. The lowest BCUT2D eigenvalue weighted by molar-refractivity contribution is -0.142. The van der Waals surface area contributed by atoms with E-state index in [1.807, 2.05) is 35.7 Å². The number of methoxy groups -OCH3 is 2. The van der Waals surface area contributed by atoms with Crippen molar-refractivity contribution in [2.24, 2.45) is 11.0 Å². The van der Waals surface area contributed by atoms with Crippen molar-refractivity contribution >= 4 is 28.9 Å². The number of hydrazone groups is 1. The van der Waals surface area contributed by atoms with Gasteiger partial charge in [0.05, 0.1) is 30.9 Å². The molecule has 8 heteroatoms. The summed E-state index contributed by atoms with van der Waals surface area (Å²) >= 11 is 1.60. The molecule has 7 nitrogen and oxygen atoms in total. The third-order valence-electron chi connectivity index (χ3n) is 6.22. The fourth-order valence-electron chi connectivity index (χ4n) is 4.51.